The Morgan fingerprint density at radius 2 is 1.70 bits per heavy atom. The van der Waals surface area contributed by atoms with Crippen LogP contribution >= 0.6 is 0 Å². The predicted octanol–water partition coefficient (Wildman–Crippen LogP) is 3.76. The second kappa shape index (κ2) is 9.18. The monoisotopic (exact) mass is 321 g/mol. The van der Waals surface area contributed by atoms with Gasteiger partial charge >= 0.3 is 6.16 Å². The normalized spacial score (nSPS) is 20.1. The quantitative estimate of drug-likeness (QED) is 0.791. The summed E-state index contributed by atoms with van der Waals surface area (Å²) in [6.45, 7) is 6.46. The lowest BCUT2D eigenvalue weighted by Gasteiger charge is -2.27. The van der Waals surface area contributed by atoms with Gasteiger partial charge < -0.3 is 15.5 Å². The average molecular weight is 321 g/mol. The van der Waals surface area contributed by atoms with E-state index in [0.29, 0.717) is 12.5 Å². The second-order valence-corrected chi connectivity index (χ2v) is 6.41. The van der Waals surface area contributed by atoms with E-state index in [-0.39, 0.29) is 5.91 Å². The molecule has 128 valence electrons. The zero-order valence-corrected chi connectivity index (χ0v) is 14.1. The lowest BCUT2D eigenvalue weighted by atomic mass is 9.87. The van der Waals surface area contributed by atoms with E-state index < -0.39 is 6.16 Å². The van der Waals surface area contributed by atoms with E-state index in [1.54, 1.807) is 0 Å². The van der Waals surface area contributed by atoms with Crippen LogP contribution in [0.3, 0.4) is 0 Å². The molecule has 1 saturated carbocycles. The first kappa shape index (κ1) is 19.0. The molecule has 0 heterocycles. The Morgan fingerprint density at radius 3 is 2.22 bits per heavy atom. The van der Waals surface area contributed by atoms with Crippen molar-refractivity contribution in [1.82, 2.24) is 5.32 Å². The van der Waals surface area contributed by atoms with Crippen LogP contribution in [0, 0.1) is 19.8 Å². The molecule has 0 atom stereocenters. The van der Waals surface area contributed by atoms with Crippen LogP contribution in [-0.4, -0.2) is 28.3 Å². The number of hydrogen-bond donors (Lipinski definition) is 3. The first-order valence-corrected chi connectivity index (χ1v) is 8.05. The Kier molecular flexibility index (Phi) is 7.59. The van der Waals surface area contributed by atoms with E-state index in [1.807, 2.05) is 0 Å². The minimum absolute atomic E-state index is 0.173. The van der Waals surface area contributed by atoms with Gasteiger partial charge in [-0.25, -0.2) is 4.79 Å². The van der Waals surface area contributed by atoms with Gasteiger partial charge in [0.25, 0.3) is 0 Å². The van der Waals surface area contributed by atoms with Gasteiger partial charge in [-0.1, -0.05) is 30.7 Å². The number of carbonyl (C=O) groups is 2. The average Bonchev–Trinajstić information content (AvgIpc) is 2.44. The van der Waals surface area contributed by atoms with Crippen molar-refractivity contribution in [3.63, 3.8) is 0 Å². The fourth-order valence-electron chi connectivity index (χ4n) is 2.90. The molecule has 1 fully saturated rings. The third-order valence-electron chi connectivity index (χ3n) is 4.23. The Balaban J connectivity index is 0.000000593. The second-order valence-electron chi connectivity index (χ2n) is 6.41. The first-order valence-electron chi connectivity index (χ1n) is 8.05. The maximum atomic E-state index is 12.1. The van der Waals surface area contributed by atoms with E-state index in [9.17, 15) is 4.79 Å². The van der Waals surface area contributed by atoms with Crippen LogP contribution in [0.1, 0.15) is 49.3 Å². The van der Waals surface area contributed by atoms with Gasteiger partial charge in [0, 0.05) is 6.04 Å². The summed E-state index contributed by atoms with van der Waals surface area (Å²) in [5.74, 6) is 0.999. The fraction of sp³-hybridized carbons (Fsp3) is 0.556. The summed E-state index contributed by atoms with van der Waals surface area (Å²) in [6.07, 6.45) is 3.45. The topological polar surface area (TPSA) is 86.6 Å². The Bertz CT molecular complexity index is 530. The molecule has 0 unspecified atom stereocenters. The van der Waals surface area contributed by atoms with Crippen molar-refractivity contribution in [2.24, 2.45) is 5.92 Å². The number of aryl methyl sites for hydroxylation is 2. The van der Waals surface area contributed by atoms with Gasteiger partial charge in [0.1, 0.15) is 0 Å². The highest BCUT2D eigenvalue weighted by Gasteiger charge is 2.19. The molecule has 23 heavy (non-hydrogen) atoms. The van der Waals surface area contributed by atoms with Gasteiger partial charge in [0.2, 0.25) is 5.91 Å². The molecular formula is C18H27NO4. The lowest BCUT2D eigenvalue weighted by molar-refractivity contribution is -0.121. The standard InChI is InChI=1S/C17H25NO.CH2O3/c1-12-5-8-16(9-6-12)18-17(19)11-15-7-4-13(2)10-14(15)3;2-1(3)4/h4,7,10,12,16H,5-6,8-9,11H2,1-3H3,(H,18,19);(H2,2,3,4). The molecule has 0 bridgehead atoms. The third-order valence-corrected chi connectivity index (χ3v) is 4.23. The number of amides is 1. The molecule has 0 spiro atoms. The van der Waals surface area contributed by atoms with Crippen molar-refractivity contribution in [3.05, 3.63) is 34.9 Å². The van der Waals surface area contributed by atoms with E-state index in [1.165, 1.54) is 24.0 Å². The van der Waals surface area contributed by atoms with Gasteiger partial charge in [-0.2, -0.15) is 0 Å². The molecule has 1 aromatic rings. The molecule has 3 N–H and O–H groups in total. The number of carbonyl (C=O) groups excluding carboxylic acids is 1. The Morgan fingerprint density at radius 1 is 1.13 bits per heavy atom. The van der Waals surface area contributed by atoms with Gasteiger partial charge in [0.05, 0.1) is 6.42 Å². The molecule has 1 aromatic carbocycles. The molecule has 0 saturated heterocycles. The molecular weight excluding hydrogens is 294 g/mol. The molecule has 1 aliphatic rings. The highest BCUT2D eigenvalue weighted by Crippen LogP contribution is 2.23. The number of nitrogens with one attached hydrogen (secondary N) is 1. The van der Waals surface area contributed by atoms with Gasteiger partial charge in [0.15, 0.2) is 0 Å². The zero-order valence-electron chi connectivity index (χ0n) is 14.1. The van der Waals surface area contributed by atoms with Crippen molar-refractivity contribution >= 4 is 12.1 Å². The molecule has 5 nitrogen and oxygen atoms in total. The zero-order chi connectivity index (χ0) is 17.4. The summed E-state index contributed by atoms with van der Waals surface area (Å²) < 4.78 is 0. The van der Waals surface area contributed by atoms with Crippen LogP contribution < -0.4 is 5.32 Å². The van der Waals surface area contributed by atoms with E-state index >= 15 is 0 Å². The van der Waals surface area contributed by atoms with E-state index in [2.05, 4.69) is 44.3 Å². The molecule has 0 radical (unpaired) electrons. The van der Waals surface area contributed by atoms with Crippen LogP contribution in [-0.2, 0) is 11.2 Å². The number of carboxylic acid groups (broad SMARTS) is 2. The van der Waals surface area contributed by atoms with Crippen LogP contribution in [0.4, 0.5) is 4.79 Å². The highest BCUT2D eigenvalue weighted by molar-refractivity contribution is 5.79. The predicted molar refractivity (Wildman–Crippen MR) is 89.8 cm³/mol. The molecule has 0 aliphatic heterocycles. The molecule has 1 aliphatic carbocycles. The van der Waals surface area contributed by atoms with Crippen molar-refractivity contribution in [1.29, 1.82) is 0 Å². The fourth-order valence-corrected chi connectivity index (χ4v) is 2.90. The summed E-state index contributed by atoms with van der Waals surface area (Å²) in [5, 5.41) is 17.1. The van der Waals surface area contributed by atoms with Crippen molar-refractivity contribution in [2.45, 2.75) is 58.9 Å². The van der Waals surface area contributed by atoms with Gasteiger partial charge in [-0.3, -0.25) is 4.79 Å². The van der Waals surface area contributed by atoms with Crippen LogP contribution in [0.2, 0.25) is 0 Å². The van der Waals surface area contributed by atoms with E-state index in [4.69, 9.17) is 15.0 Å². The molecule has 2 rings (SSSR count). The van der Waals surface area contributed by atoms with Crippen LogP contribution in [0.25, 0.3) is 0 Å². The van der Waals surface area contributed by atoms with E-state index in [0.717, 1.165) is 24.3 Å². The number of benzene rings is 1. The minimum atomic E-state index is -1.83. The van der Waals surface area contributed by atoms with Crippen molar-refractivity contribution in [3.8, 4) is 0 Å². The Labute approximate surface area is 137 Å². The van der Waals surface area contributed by atoms with Gasteiger partial charge in [-0.15, -0.1) is 0 Å². The first-order chi connectivity index (χ1) is 10.8. The number of rotatable bonds is 3. The Hall–Kier alpha value is -2.04. The summed E-state index contributed by atoms with van der Waals surface area (Å²) in [7, 11) is 0. The van der Waals surface area contributed by atoms with Crippen molar-refractivity contribution in [2.75, 3.05) is 0 Å². The SMILES string of the molecule is Cc1ccc(CC(=O)NC2CCC(C)CC2)c(C)c1.O=C(O)O. The number of hydrogen-bond acceptors (Lipinski definition) is 2. The maximum Gasteiger partial charge on any atom is 0.503 e. The molecule has 5 heteroatoms. The largest absolute Gasteiger partial charge is 0.503 e. The maximum absolute atomic E-state index is 12.1. The lowest BCUT2D eigenvalue weighted by Crippen LogP contribution is -2.38. The molecule has 0 aromatic heterocycles. The van der Waals surface area contributed by atoms with Gasteiger partial charge in [-0.05, 0) is 56.6 Å². The van der Waals surface area contributed by atoms with Crippen LogP contribution in [0.5, 0.6) is 0 Å². The minimum Gasteiger partial charge on any atom is -0.450 e. The molecule has 1 amide bonds. The summed E-state index contributed by atoms with van der Waals surface area (Å²) in [5.41, 5.74) is 3.61. The summed E-state index contributed by atoms with van der Waals surface area (Å²) >= 11 is 0. The highest BCUT2D eigenvalue weighted by atomic mass is 16.6. The van der Waals surface area contributed by atoms with Crippen molar-refractivity contribution < 1.29 is 19.8 Å². The third kappa shape index (κ3) is 7.68. The smallest absolute Gasteiger partial charge is 0.450 e. The summed E-state index contributed by atoms with van der Waals surface area (Å²) in [6, 6.07) is 6.70. The summed E-state index contributed by atoms with van der Waals surface area (Å²) in [4.78, 5) is 20.6. The van der Waals surface area contributed by atoms with Crippen LogP contribution in [0.15, 0.2) is 18.2 Å².